The number of amides is 2. The van der Waals surface area contributed by atoms with Crippen LogP contribution < -0.4 is 10.2 Å². The van der Waals surface area contributed by atoms with Crippen LogP contribution in [0.1, 0.15) is 0 Å². The number of benzene rings is 1. The van der Waals surface area contributed by atoms with Gasteiger partial charge in [0, 0.05) is 22.0 Å². The standard InChI is InChI=1S/C9H8Br2N2O/c10-6-2-1-3-7(11)8(6)13-5-4-12-9(13)14/h1-3H,4-5H2,(H,12,14). The van der Waals surface area contributed by atoms with Crippen LogP contribution in [0.4, 0.5) is 10.5 Å². The zero-order valence-corrected chi connectivity index (χ0v) is 10.4. The Morgan fingerprint density at radius 1 is 1.29 bits per heavy atom. The summed E-state index contributed by atoms with van der Waals surface area (Å²) in [5.41, 5.74) is 0.891. The molecule has 1 heterocycles. The highest BCUT2D eigenvalue weighted by Gasteiger charge is 2.24. The molecule has 1 fully saturated rings. The van der Waals surface area contributed by atoms with Gasteiger partial charge in [-0.15, -0.1) is 0 Å². The molecule has 0 saturated carbocycles. The molecule has 0 unspecified atom stereocenters. The van der Waals surface area contributed by atoms with E-state index in [0.717, 1.165) is 14.6 Å². The van der Waals surface area contributed by atoms with Crippen molar-refractivity contribution in [3.63, 3.8) is 0 Å². The van der Waals surface area contributed by atoms with Gasteiger partial charge >= 0.3 is 6.03 Å². The van der Waals surface area contributed by atoms with Crippen LogP contribution in [0.15, 0.2) is 27.1 Å². The van der Waals surface area contributed by atoms with Crippen molar-refractivity contribution >= 4 is 43.6 Å². The fourth-order valence-electron chi connectivity index (χ4n) is 1.43. The Bertz CT molecular complexity index is 361. The molecule has 1 aliphatic rings. The van der Waals surface area contributed by atoms with Gasteiger partial charge in [-0.2, -0.15) is 0 Å². The Balaban J connectivity index is 2.44. The number of rotatable bonds is 1. The molecule has 0 aliphatic carbocycles. The zero-order chi connectivity index (χ0) is 10.1. The minimum absolute atomic E-state index is 0.0439. The molecule has 2 rings (SSSR count). The normalized spacial score (nSPS) is 15.9. The maximum atomic E-state index is 11.5. The highest BCUT2D eigenvalue weighted by atomic mass is 79.9. The van der Waals surface area contributed by atoms with E-state index in [0.29, 0.717) is 13.1 Å². The Morgan fingerprint density at radius 2 is 1.93 bits per heavy atom. The molecular weight excluding hydrogens is 312 g/mol. The molecule has 1 aromatic carbocycles. The number of halogens is 2. The second-order valence-electron chi connectivity index (χ2n) is 2.95. The molecular formula is C9H8Br2N2O. The van der Waals surface area contributed by atoms with Crippen LogP contribution in [-0.2, 0) is 0 Å². The molecule has 14 heavy (non-hydrogen) atoms. The lowest BCUT2D eigenvalue weighted by molar-refractivity contribution is 0.252. The number of carbonyl (C=O) groups excluding carboxylic acids is 1. The molecule has 1 aliphatic heterocycles. The van der Waals surface area contributed by atoms with Gasteiger partial charge in [0.2, 0.25) is 0 Å². The third-order valence-corrected chi connectivity index (χ3v) is 3.34. The van der Waals surface area contributed by atoms with Crippen molar-refractivity contribution in [1.29, 1.82) is 0 Å². The van der Waals surface area contributed by atoms with Gasteiger partial charge in [0.1, 0.15) is 0 Å². The maximum Gasteiger partial charge on any atom is 0.322 e. The van der Waals surface area contributed by atoms with Gasteiger partial charge in [0.05, 0.1) is 5.69 Å². The van der Waals surface area contributed by atoms with E-state index in [2.05, 4.69) is 37.2 Å². The Kier molecular flexibility index (Phi) is 2.78. The molecule has 1 saturated heterocycles. The van der Waals surface area contributed by atoms with Crippen molar-refractivity contribution in [2.24, 2.45) is 0 Å². The number of para-hydroxylation sites is 1. The van der Waals surface area contributed by atoms with E-state index in [1.807, 2.05) is 18.2 Å². The summed E-state index contributed by atoms with van der Waals surface area (Å²) in [4.78, 5) is 13.2. The van der Waals surface area contributed by atoms with Crippen LogP contribution in [0.5, 0.6) is 0 Å². The van der Waals surface area contributed by atoms with E-state index in [9.17, 15) is 4.79 Å². The summed E-state index contributed by atoms with van der Waals surface area (Å²) in [6.45, 7) is 1.41. The molecule has 0 atom stereocenters. The summed E-state index contributed by atoms with van der Waals surface area (Å²) < 4.78 is 1.84. The van der Waals surface area contributed by atoms with E-state index in [1.54, 1.807) is 4.90 Å². The van der Waals surface area contributed by atoms with Gasteiger partial charge in [-0.3, -0.25) is 4.90 Å². The second kappa shape index (κ2) is 3.90. The van der Waals surface area contributed by atoms with Crippen molar-refractivity contribution in [1.82, 2.24) is 5.32 Å². The number of urea groups is 1. The number of anilines is 1. The maximum absolute atomic E-state index is 11.5. The third-order valence-electron chi connectivity index (χ3n) is 2.06. The van der Waals surface area contributed by atoms with E-state index in [-0.39, 0.29) is 6.03 Å². The molecule has 3 nitrogen and oxygen atoms in total. The summed E-state index contributed by atoms with van der Waals surface area (Å²) in [7, 11) is 0. The van der Waals surface area contributed by atoms with Gasteiger partial charge < -0.3 is 5.32 Å². The van der Waals surface area contributed by atoms with Crippen molar-refractivity contribution in [3.05, 3.63) is 27.1 Å². The van der Waals surface area contributed by atoms with E-state index in [1.165, 1.54) is 0 Å². The fraction of sp³-hybridized carbons (Fsp3) is 0.222. The highest BCUT2D eigenvalue weighted by Crippen LogP contribution is 2.34. The van der Waals surface area contributed by atoms with Crippen molar-refractivity contribution < 1.29 is 4.79 Å². The predicted octanol–water partition coefficient (Wildman–Crippen LogP) is 2.74. The largest absolute Gasteiger partial charge is 0.336 e. The molecule has 0 spiro atoms. The molecule has 5 heteroatoms. The molecule has 1 N–H and O–H groups in total. The van der Waals surface area contributed by atoms with E-state index < -0.39 is 0 Å². The summed E-state index contributed by atoms with van der Waals surface area (Å²) in [5, 5.41) is 2.77. The van der Waals surface area contributed by atoms with Crippen LogP contribution in [0.2, 0.25) is 0 Å². The smallest absolute Gasteiger partial charge is 0.322 e. The van der Waals surface area contributed by atoms with Crippen LogP contribution >= 0.6 is 31.9 Å². The number of carbonyl (C=O) groups is 1. The first-order chi connectivity index (χ1) is 6.70. The average molecular weight is 320 g/mol. The van der Waals surface area contributed by atoms with Crippen molar-refractivity contribution in [3.8, 4) is 0 Å². The average Bonchev–Trinajstić information content (AvgIpc) is 2.52. The monoisotopic (exact) mass is 318 g/mol. The first-order valence-electron chi connectivity index (χ1n) is 4.19. The number of hydrogen-bond donors (Lipinski definition) is 1. The van der Waals surface area contributed by atoms with E-state index >= 15 is 0 Å². The first-order valence-corrected chi connectivity index (χ1v) is 5.78. The van der Waals surface area contributed by atoms with Crippen molar-refractivity contribution in [2.45, 2.75) is 0 Å². The first kappa shape index (κ1) is 9.98. The van der Waals surface area contributed by atoms with Gasteiger partial charge in [-0.05, 0) is 44.0 Å². The zero-order valence-electron chi connectivity index (χ0n) is 7.26. The molecule has 0 aromatic heterocycles. The third kappa shape index (κ3) is 1.66. The number of nitrogens with zero attached hydrogens (tertiary/aromatic N) is 1. The summed E-state index contributed by atoms with van der Waals surface area (Å²) in [5.74, 6) is 0. The Labute approximate surface area is 98.7 Å². The predicted molar refractivity (Wildman–Crippen MR) is 62.6 cm³/mol. The van der Waals surface area contributed by atoms with Crippen molar-refractivity contribution in [2.75, 3.05) is 18.0 Å². The molecule has 0 radical (unpaired) electrons. The minimum Gasteiger partial charge on any atom is -0.336 e. The molecule has 1 aromatic rings. The Hall–Kier alpha value is -0.550. The van der Waals surface area contributed by atoms with Crippen LogP contribution in [0, 0.1) is 0 Å². The lowest BCUT2D eigenvalue weighted by Gasteiger charge is -2.17. The Morgan fingerprint density at radius 3 is 2.43 bits per heavy atom. The quantitative estimate of drug-likeness (QED) is 0.848. The van der Waals surface area contributed by atoms with Gasteiger partial charge in [-0.1, -0.05) is 6.07 Å². The SMILES string of the molecule is O=C1NCCN1c1c(Br)cccc1Br. The van der Waals surface area contributed by atoms with Gasteiger partial charge in [-0.25, -0.2) is 4.79 Å². The van der Waals surface area contributed by atoms with E-state index in [4.69, 9.17) is 0 Å². The lowest BCUT2D eigenvalue weighted by atomic mass is 10.3. The van der Waals surface area contributed by atoms with Crippen LogP contribution in [-0.4, -0.2) is 19.1 Å². The molecule has 0 bridgehead atoms. The number of hydrogen-bond acceptors (Lipinski definition) is 1. The molecule has 74 valence electrons. The van der Waals surface area contributed by atoms with Gasteiger partial charge in [0.15, 0.2) is 0 Å². The fourth-order valence-corrected chi connectivity index (χ4v) is 2.86. The minimum atomic E-state index is -0.0439. The number of nitrogens with one attached hydrogen (secondary N) is 1. The summed E-state index contributed by atoms with van der Waals surface area (Å²) >= 11 is 6.87. The lowest BCUT2D eigenvalue weighted by Crippen LogP contribution is -2.28. The summed E-state index contributed by atoms with van der Waals surface area (Å²) in [6.07, 6.45) is 0. The second-order valence-corrected chi connectivity index (χ2v) is 4.66. The summed E-state index contributed by atoms with van der Waals surface area (Å²) in [6, 6.07) is 5.72. The highest BCUT2D eigenvalue weighted by molar-refractivity contribution is 9.11. The van der Waals surface area contributed by atoms with Crippen LogP contribution in [0.25, 0.3) is 0 Å². The topological polar surface area (TPSA) is 32.3 Å². The van der Waals surface area contributed by atoms with Crippen LogP contribution in [0.3, 0.4) is 0 Å². The van der Waals surface area contributed by atoms with Gasteiger partial charge in [0.25, 0.3) is 0 Å². The molecule has 2 amide bonds.